The van der Waals surface area contributed by atoms with Crippen LogP contribution in [0.25, 0.3) is 0 Å². The Bertz CT molecular complexity index is 795. The first-order valence-corrected chi connectivity index (χ1v) is 9.22. The van der Waals surface area contributed by atoms with Crippen molar-refractivity contribution >= 4 is 17.5 Å². The van der Waals surface area contributed by atoms with E-state index in [0.717, 1.165) is 17.0 Å². The average molecular weight is 384 g/mol. The molecule has 6 nitrogen and oxygen atoms in total. The van der Waals surface area contributed by atoms with Crippen molar-refractivity contribution in [2.24, 2.45) is 0 Å². The molecule has 0 heterocycles. The van der Waals surface area contributed by atoms with Gasteiger partial charge in [-0.25, -0.2) is 0 Å². The molecule has 0 aromatic heterocycles. The lowest BCUT2D eigenvalue weighted by Gasteiger charge is -2.22. The van der Waals surface area contributed by atoms with Gasteiger partial charge in [-0.15, -0.1) is 0 Å². The van der Waals surface area contributed by atoms with Crippen LogP contribution in [0.15, 0.2) is 48.5 Å². The van der Waals surface area contributed by atoms with E-state index in [1.807, 2.05) is 24.3 Å². The molecule has 150 valence electrons. The fourth-order valence-corrected chi connectivity index (χ4v) is 2.68. The molecule has 0 aliphatic rings. The molecule has 2 aromatic rings. The molecule has 2 amide bonds. The molecule has 0 spiro atoms. The van der Waals surface area contributed by atoms with Crippen molar-refractivity contribution in [1.29, 1.82) is 0 Å². The van der Waals surface area contributed by atoms with Gasteiger partial charge in [-0.05, 0) is 41.3 Å². The molecule has 0 fully saturated rings. The molecule has 0 saturated carbocycles. The van der Waals surface area contributed by atoms with E-state index in [0.29, 0.717) is 18.9 Å². The molecular weight excluding hydrogens is 356 g/mol. The van der Waals surface area contributed by atoms with E-state index in [1.54, 1.807) is 31.4 Å². The Labute approximate surface area is 166 Å². The molecule has 0 aliphatic carbocycles. The quantitative estimate of drug-likeness (QED) is 0.539. The Hall–Kier alpha value is -3.02. The summed E-state index contributed by atoms with van der Waals surface area (Å²) in [7, 11) is 1.60. The monoisotopic (exact) mass is 384 g/mol. The van der Waals surface area contributed by atoms with Crippen LogP contribution in [0.2, 0.25) is 0 Å². The predicted octanol–water partition coefficient (Wildman–Crippen LogP) is 3.52. The first-order valence-electron chi connectivity index (χ1n) is 9.22. The van der Waals surface area contributed by atoms with Crippen molar-refractivity contribution in [2.75, 3.05) is 25.6 Å². The number of para-hydroxylation sites is 1. The van der Waals surface area contributed by atoms with Gasteiger partial charge in [0.25, 0.3) is 0 Å². The third-order valence-electron chi connectivity index (χ3n) is 4.08. The summed E-state index contributed by atoms with van der Waals surface area (Å²) in [5.41, 5.74) is 1.65. The summed E-state index contributed by atoms with van der Waals surface area (Å²) in [6.45, 7) is 6.86. The van der Waals surface area contributed by atoms with Gasteiger partial charge in [0.1, 0.15) is 24.5 Å². The zero-order chi connectivity index (χ0) is 20.6. The highest BCUT2D eigenvalue weighted by molar-refractivity contribution is 6.03. The van der Waals surface area contributed by atoms with Crippen LogP contribution in [0.5, 0.6) is 11.5 Å². The Morgan fingerprint density at radius 3 is 2.21 bits per heavy atom. The normalized spacial score (nSPS) is 10.9. The molecule has 0 saturated heterocycles. The van der Waals surface area contributed by atoms with E-state index in [4.69, 9.17) is 9.47 Å². The van der Waals surface area contributed by atoms with E-state index in [1.165, 1.54) is 0 Å². The van der Waals surface area contributed by atoms with E-state index in [9.17, 15) is 9.59 Å². The minimum Gasteiger partial charge on any atom is -0.497 e. The van der Waals surface area contributed by atoms with Gasteiger partial charge in [0, 0.05) is 5.69 Å². The van der Waals surface area contributed by atoms with Crippen molar-refractivity contribution in [2.45, 2.75) is 32.6 Å². The van der Waals surface area contributed by atoms with Crippen LogP contribution in [0.4, 0.5) is 5.69 Å². The van der Waals surface area contributed by atoms with Gasteiger partial charge in [-0.1, -0.05) is 39.0 Å². The van der Waals surface area contributed by atoms with Crippen molar-refractivity contribution in [1.82, 2.24) is 5.32 Å². The summed E-state index contributed by atoms with van der Waals surface area (Å²) in [6, 6.07) is 14.8. The van der Waals surface area contributed by atoms with Crippen LogP contribution < -0.4 is 20.1 Å². The van der Waals surface area contributed by atoms with Gasteiger partial charge >= 0.3 is 0 Å². The first-order chi connectivity index (χ1) is 13.3. The smallest absolute Gasteiger partial charge is 0.233 e. The summed E-state index contributed by atoms with van der Waals surface area (Å²) >= 11 is 0. The van der Waals surface area contributed by atoms with Gasteiger partial charge in [-0.3, -0.25) is 9.59 Å². The van der Waals surface area contributed by atoms with Gasteiger partial charge in [0.2, 0.25) is 11.8 Å². The van der Waals surface area contributed by atoms with Crippen molar-refractivity contribution in [3.05, 3.63) is 54.1 Å². The molecule has 0 unspecified atom stereocenters. The summed E-state index contributed by atoms with van der Waals surface area (Å²) < 4.78 is 10.6. The SMILES string of the molecule is COc1ccc(OCCNC(=O)CC(=O)Nc2ccccc2C(C)(C)C)cc1. The maximum absolute atomic E-state index is 12.2. The molecule has 6 heteroatoms. The van der Waals surface area contributed by atoms with Gasteiger partial charge < -0.3 is 20.1 Å². The summed E-state index contributed by atoms with van der Waals surface area (Å²) in [5, 5.41) is 5.52. The number of nitrogens with one attached hydrogen (secondary N) is 2. The van der Waals surface area contributed by atoms with Crippen molar-refractivity contribution in [3.8, 4) is 11.5 Å². The highest BCUT2D eigenvalue weighted by Crippen LogP contribution is 2.29. The third-order valence-corrected chi connectivity index (χ3v) is 4.08. The highest BCUT2D eigenvalue weighted by atomic mass is 16.5. The Morgan fingerprint density at radius 1 is 0.929 bits per heavy atom. The van der Waals surface area contributed by atoms with E-state index in [-0.39, 0.29) is 23.7 Å². The molecule has 2 rings (SSSR count). The fourth-order valence-electron chi connectivity index (χ4n) is 2.68. The van der Waals surface area contributed by atoms with E-state index < -0.39 is 0 Å². The van der Waals surface area contributed by atoms with Crippen LogP contribution in [-0.4, -0.2) is 32.1 Å². The van der Waals surface area contributed by atoms with E-state index in [2.05, 4.69) is 31.4 Å². The summed E-state index contributed by atoms with van der Waals surface area (Å²) in [5.74, 6) is 0.751. The minimum absolute atomic E-state index is 0.106. The molecular formula is C22H28N2O4. The number of amides is 2. The van der Waals surface area contributed by atoms with Crippen LogP contribution >= 0.6 is 0 Å². The van der Waals surface area contributed by atoms with Gasteiger partial charge in [-0.2, -0.15) is 0 Å². The van der Waals surface area contributed by atoms with E-state index >= 15 is 0 Å². The Morgan fingerprint density at radius 2 is 1.57 bits per heavy atom. The molecule has 0 aliphatic heterocycles. The Balaban J connectivity index is 1.75. The number of hydrogen-bond donors (Lipinski definition) is 2. The average Bonchev–Trinajstić information content (AvgIpc) is 2.65. The molecule has 0 bridgehead atoms. The molecule has 0 atom stereocenters. The summed E-state index contributed by atoms with van der Waals surface area (Å²) in [4.78, 5) is 24.2. The lowest BCUT2D eigenvalue weighted by molar-refractivity contribution is -0.126. The molecule has 2 N–H and O–H groups in total. The number of rotatable bonds is 8. The maximum Gasteiger partial charge on any atom is 0.233 e. The topological polar surface area (TPSA) is 76.7 Å². The molecule has 0 radical (unpaired) electrons. The second-order valence-electron chi connectivity index (χ2n) is 7.39. The maximum atomic E-state index is 12.2. The van der Waals surface area contributed by atoms with Gasteiger partial charge in [0.05, 0.1) is 13.7 Å². The number of hydrogen-bond acceptors (Lipinski definition) is 4. The van der Waals surface area contributed by atoms with Crippen molar-refractivity contribution in [3.63, 3.8) is 0 Å². The zero-order valence-electron chi connectivity index (χ0n) is 16.9. The zero-order valence-corrected chi connectivity index (χ0v) is 16.9. The van der Waals surface area contributed by atoms with Gasteiger partial charge in [0.15, 0.2) is 0 Å². The second kappa shape index (κ2) is 9.78. The number of carbonyl (C=O) groups is 2. The molecule has 2 aromatic carbocycles. The number of ether oxygens (including phenoxy) is 2. The fraction of sp³-hybridized carbons (Fsp3) is 0.364. The number of carbonyl (C=O) groups excluding carboxylic acids is 2. The lowest BCUT2D eigenvalue weighted by atomic mass is 9.86. The van der Waals surface area contributed by atoms with Crippen LogP contribution in [-0.2, 0) is 15.0 Å². The highest BCUT2D eigenvalue weighted by Gasteiger charge is 2.19. The van der Waals surface area contributed by atoms with Crippen molar-refractivity contribution < 1.29 is 19.1 Å². The molecule has 28 heavy (non-hydrogen) atoms. The standard InChI is InChI=1S/C22H28N2O4/c1-22(2,3)18-7-5-6-8-19(18)24-21(26)15-20(25)23-13-14-28-17-11-9-16(27-4)10-12-17/h5-12H,13-15H2,1-4H3,(H,23,25)(H,24,26). The summed E-state index contributed by atoms with van der Waals surface area (Å²) in [6.07, 6.45) is -0.235. The number of methoxy groups -OCH3 is 1. The third kappa shape index (κ3) is 6.61. The lowest BCUT2D eigenvalue weighted by Crippen LogP contribution is -2.31. The number of anilines is 1. The minimum atomic E-state index is -0.343. The second-order valence-corrected chi connectivity index (χ2v) is 7.39. The van der Waals surface area contributed by atoms with Crippen LogP contribution in [0.3, 0.4) is 0 Å². The largest absolute Gasteiger partial charge is 0.497 e. The first kappa shape index (κ1) is 21.3. The predicted molar refractivity (Wildman–Crippen MR) is 110 cm³/mol. The van der Waals surface area contributed by atoms with Crippen LogP contribution in [0.1, 0.15) is 32.8 Å². The van der Waals surface area contributed by atoms with Crippen LogP contribution in [0, 0.1) is 0 Å². The Kier molecular flexibility index (Phi) is 7.44. The number of benzene rings is 2.